The van der Waals surface area contributed by atoms with Gasteiger partial charge in [-0.15, -0.1) is 0 Å². The Morgan fingerprint density at radius 2 is 2.30 bits per heavy atom. The molecule has 0 saturated heterocycles. The summed E-state index contributed by atoms with van der Waals surface area (Å²) in [5, 5.41) is 3.18. The average Bonchev–Trinajstić information content (AvgIpc) is 2.44. The van der Waals surface area contributed by atoms with Gasteiger partial charge in [-0.2, -0.15) is 0 Å². The molecule has 0 saturated carbocycles. The lowest BCUT2D eigenvalue weighted by Crippen LogP contribution is -2.41. The molecule has 0 atom stereocenters. The zero-order chi connectivity index (χ0) is 14.5. The van der Waals surface area contributed by atoms with Gasteiger partial charge in [0.05, 0.1) is 5.69 Å². The largest absolute Gasteiger partial charge is 0.482 e. The number of benzene rings is 1. The summed E-state index contributed by atoms with van der Waals surface area (Å²) in [6.45, 7) is 1.07. The van der Waals surface area contributed by atoms with E-state index in [2.05, 4.69) is 5.32 Å². The molecule has 6 nitrogen and oxygen atoms in total. The molecular formula is C13H16ClN3O3. The lowest BCUT2D eigenvalue weighted by Gasteiger charge is -2.29. The molecule has 1 aromatic carbocycles. The zero-order valence-electron chi connectivity index (χ0n) is 10.9. The standard InChI is InChI=1S/C13H16ClN3O3/c14-9-1-2-11-10(7-9)17(13(19)8-20-11)6-3-12(18)16-5-4-15/h1-2,7H,3-6,8,15H2,(H,16,18). The lowest BCUT2D eigenvalue weighted by atomic mass is 10.2. The van der Waals surface area contributed by atoms with Crippen LogP contribution in [0.5, 0.6) is 5.75 Å². The molecule has 108 valence electrons. The van der Waals surface area contributed by atoms with Crippen LogP contribution in [0.1, 0.15) is 6.42 Å². The number of ether oxygens (including phenoxy) is 1. The highest BCUT2D eigenvalue weighted by atomic mass is 35.5. The van der Waals surface area contributed by atoms with Crippen LogP contribution >= 0.6 is 11.6 Å². The van der Waals surface area contributed by atoms with Gasteiger partial charge < -0.3 is 20.7 Å². The number of hydrogen-bond acceptors (Lipinski definition) is 4. The number of fused-ring (bicyclic) bond motifs is 1. The van der Waals surface area contributed by atoms with Gasteiger partial charge >= 0.3 is 0 Å². The number of nitrogens with two attached hydrogens (primary N) is 1. The van der Waals surface area contributed by atoms with Crippen molar-refractivity contribution in [1.82, 2.24) is 5.32 Å². The van der Waals surface area contributed by atoms with Crippen LogP contribution < -0.4 is 20.7 Å². The molecule has 1 aromatic rings. The molecule has 1 aliphatic rings. The van der Waals surface area contributed by atoms with Crippen molar-refractivity contribution in [2.45, 2.75) is 6.42 Å². The molecule has 2 rings (SSSR count). The summed E-state index contributed by atoms with van der Waals surface area (Å²) in [4.78, 5) is 25.0. The van der Waals surface area contributed by atoms with Crippen molar-refractivity contribution in [3.63, 3.8) is 0 Å². The summed E-state index contributed by atoms with van der Waals surface area (Å²) in [6, 6.07) is 5.07. The van der Waals surface area contributed by atoms with Crippen LogP contribution in [-0.2, 0) is 9.59 Å². The maximum absolute atomic E-state index is 11.9. The molecular weight excluding hydrogens is 282 g/mol. The van der Waals surface area contributed by atoms with E-state index in [-0.39, 0.29) is 31.4 Å². The van der Waals surface area contributed by atoms with E-state index in [1.165, 1.54) is 4.90 Å². The van der Waals surface area contributed by atoms with Crippen LogP contribution in [-0.4, -0.2) is 38.1 Å². The van der Waals surface area contributed by atoms with E-state index in [0.29, 0.717) is 29.5 Å². The second kappa shape index (κ2) is 6.58. The van der Waals surface area contributed by atoms with Crippen LogP contribution in [0, 0.1) is 0 Å². The Morgan fingerprint density at radius 1 is 1.50 bits per heavy atom. The third kappa shape index (κ3) is 3.40. The van der Waals surface area contributed by atoms with E-state index < -0.39 is 0 Å². The maximum atomic E-state index is 11.9. The maximum Gasteiger partial charge on any atom is 0.265 e. The van der Waals surface area contributed by atoms with Gasteiger partial charge in [0.25, 0.3) is 5.91 Å². The molecule has 0 spiro atoms. The minimum atomic E-state index is -0.189. The van der Waals surface area contributed by atoms with Gasteiger partial charge in [0.15, 0.2) is 6.61 Å². The predicted octanol–water partition coefficient (Wildman–Crippen LogP) is 0.530. The summed E-state index contributed by atoms with van der Waals surface area (Å²) in [7, 11) is 0. The second-order valence-electron chi connectivity index (χ2n) is 4.33. The van der Waals surface area contributed by atoms with Gasteiger partial charge in [-0.1, -0.05) is 11.6 Å². The first-order valence-electron chi connectivity index (χ1n) is 6.31. The summed E-state index contributed by atoms with van der Waals surface area (Å²) >= 11 is 5.93. The van der Waals surface area contributed by atoms with Crippen molar-refractivity contribution in [1.29, 1.82) is 0 Å². The summed E-state index contributed by atoms with van der Waals surface area (Å²) in [5.41, 5.74) is 5.90. The smallest absolute Gasteiger partial charge is 0.265 e. The van der Waals surface area contributed by atoms with Crippen molar-refractivity contribution >= 4 is 29.1 Å². The van der Waals surface area contributed by atoms with Gasteiger partial charge in [-0.05, 0) is 18.2 Å². The molecule has 20 heavy (non-hydrogen) atoms. The monoisotopic (exact) mass is 297 g/mol. The quantitative estimate of drug-likeness (QED) is 0.830. The third-order valence-electron chi connectivity index (χ3n) is 2.89. The fraction of sp³-hybridized carbons (Fsp3) is 0.385. The molecule has 0 radical (unpaired) electrons. The zero-order valence-corrected chi connectivity index (χ0v) is 11.7. The Hall–Kier alpha value is -1.79. The number of anilines is 1. The number of carbonyl (C=O) groups is 2. The average molecular weight is 298 g/mol. The molecule has 1 aliphatic heterocycles. The van der Waals surface area contributed by atoms with Gasteiger partial charge in [0.1, 0.15) is 5.75 Å². The van der Waals surface area contributed by atoms with Crippen LogP contribution in [0.25, 0.3) is 0 Å². The Balaban J connectivity index is 2.06. The van der Waals surface area contributed by atoms with Crippen LogP contribution in [0.3, 0.4) is 0 Å². The van der Waals surface area contributed by atoms with Gasteiger partial charge in [0, 0.05) is 31.1 Å². The summed E-state index contributed by atoms with van der Waals surface area (Å²) in [6.07, 6.45) is 0.206. The molecule has 1 heterocycles. The predicted molar refractivity (Wildman–Crippen MR) is 76.0 cm³/mol. The van der Waals surface area contributed by atoms with Gasteiger partial charge in [0.2, 0.25) is 5.91 Å². The normalized spacial score (nSPS) is 13.7. The summed E-state index contributed by atoms with van der Waals surface area (Å²) in [5.74, 6) is 0.265. The first-order valence-corrected chi connectivity index (χ1v) is 6.69. The second-order valence-corrected chi connectivity index (χ2v) is 4.77. The Bertz CT molecular complexity index is 522. The molecule has 0 aliphatic carbocycles. The van der Waals surface area contributed by atoms with E-state index in [9.17, 15) is 9.59 Å². The van der Waals surface area contributed by atoms with E-state index in [4.69, 9.17) is 22.1 Å². The van der Waals surface area contributed by atoms with E-state index >= 15 is 0 Å². The van der Waals surface area contributed by atoms with Gasteiger partial charge in [-0.25, -0.2) is 0 Å². The highest BCUT2D eigenvalue weighted by Crippen LogP contribution is 2.34. The van der Waals surface area contributed by atoms with E-state index in [1.54, 1.807) is 18.2 Å². The fourth-order valence-electron chi connectivity index (χ4n) is 1.93. The number of rotatable bonds is 5. The van der Waals surface area contributed by atoms with Crippen molar-refractivity contribution in [3.8, 4) is 5.75 Å². The topological polar surface area (TPSA) is 84.7 Å². The first-order chi connectivity index (χ1) is 9.61. The number of carbonyl (C=O) groups excluding carboxylic acids is 2. The Kier molecular flexibility index (Phi) is 4.81. The van der Waals surface area contributed by atoms with Crippen LogP contribution in [0.2, 0.25) is 5.02 Å². The van der Waals surface area contributed by atoms with Crippen LogP contribution in [0.4, 0.5) is 5.69 Å². The molecule has 0 unspecified atom stereocenters. The summed E-state index contributed by atoms with van der Waals surface area (Å²) < 4.78 is 5.33. The van der Waals surface area contributed by atoms with Gasteiger partial charge in [-0.3, -0.25) is 9.59 Å². The van der Waals surface area contributed by atoms with E-state index in [0.717, 1.165) is 0 Å². The Labute approximate surface area is 121 Å². The first kappa shape index (κ1) is 14.6. The highest BCUT2D eigenvalue weighted by molar-refractivity contribution is 6.31. The number of halogens is 1. The number of amides is 2. The highest BCUT2D eigenvalue weighted by Gasteiger charge is 2.25. The van der Waals surface area contributed by atoms with Crippen molar-refractivity contribution in [2.24, 2.45) is 5.73 Å². The lowest BCUT2D eigenvalue weighted by molar-refractivity contribution is -0.122. The SMILES string of the molecule is NCCNC(=O)CCN1C(=O)COc2ccc(Cl)cc21. The molecule has 0 aromatic heterocycles. The molecule has 3 N–H and O–H groups in total. The van der Waals surface area contributed by atoms with Crippen LogP contribution in [0.15, 0.2) is 18.2 Å². The number of hydrogen-bond donors (Lipinski definition) is 2. The fourth-order valence-corrected chi connectivity index (χ4v) is 2.10. The molecule has 2 amide bonds. The van der Waals surface area contributed by atoms with Crippen molar-refractivity contribution in [3.05, 3.63) is 23.2 Å². The molecule has 7 heteroatoms. The minimum Gasteiger partial charge on any atom is -0.482 e. The van der Waals surface area contributed by atoms with E-state index in [1.807, 2.05) is 0 Å². The third-order valence-corrected chi connectivity index (χ3v) is 3.13. The van der Waals surface area contributed by atoms with Crippen molar-refractivity contribution < 1.29 is 14.3 Å². The number of nitrogens with one attached hydrogen (secondary N) is 1. The number of nitrogens with zero attached hydrogens (tertiary/aromatic N) is 1. The molecule has 0 bridgehead atoms. The molecule has 0 fully saturated rings. The Morgan fingerprint density at radius 3 is 3.05 bits per heavy atom. The minimum absolute atomic E-state index is 0.0287. The van der Waals surface area contributed by atoms with Crippen molar-refractivity contribution in [2.75, 3.05) is 31.1 Å².